The maximum absolute atomic E-state index is 13.0. The summed E-state index contributed by atoms with van der Waals surface area (Å²) in [5.74, 6) is 0.0506. The van der Waals surface area contributed by atoms with Gasteiger partial charge in [-0.2, -0.15) is 5.26 Å². The van der Waals surface area contributed by atoms with Gasteiger partial charge < -0.3 is 9.64 Å². The number of carbonyl (C=O) groups is 1. The summed E-state index contributed by atoms with van der Waals surface area (Å²) < 4.78 is 6.07. The first kappa shape index (κ1) is 16.9. The van der Waals surface area contributed by atoms with Crippen LogP contribution in [0, 0.1) is 11.3 Å². The normalized spacial score (nSPS) is 26.2. The van der Waals surface area contributed by atoms with Gasteiger partial charge in [0.15, 0.2) is 0 Å². The molecule has 0 spiro atoms. The number of amides is 1. The molecule has 2 fully saturated rings. The van der Waals surface area contributed by atoms with Crippen molar-refractivity contribution >= 4 is 5.91 Å². The quantitative estimate of drug-likeness (QED) is 0.851. The third kappa shape index (κ3) is 3.04. The van der Waals surface area contributed by atoms with E-state index in [9.17, 15) is 4.79 Å². The Hall–Kier alpha value is -1.90. The number of rotatable bonds is 4. The molecule has 5 heteroatoms. The maximum Gasteiger partial charge on any atom is 0.254 e. The molecule has 24 heavy (non-hydrogen) atoms. The molecular weight excluding hydrogens is 302 g/mol. The van der Waals surface area contributed by atoms with Gasteiger partial charge in [-0.15, -0.1) is 0 Å². The molecule has 0 bridgehead atoms. The number of carbonyl (C=O) groups excluding carboxylic acids is 1. The van der Waals surface area contributed by atoms with Crippen molar-refractivity contribution < 1.29 is 9.53 Å². The maximum atomic E-state index is 13.0. The van der Waals surface area contributed by atoms with Crippen LogP contribution in [-0.2, 0) is 4.74 Å². The Labute approximate surface area is 143 Å². The zero-order valence-corrected chi connectivity index (χ0v) is 14.4. The standard InChI is InChI=1S/C19H25N3O2/c1-3-21(4-2)17-13-22(16-6-5-11-24-18(16)17)19(23)15-9-7-14(12-20)8-10-15/h7-10,16-18H,3-6,11,13H2,1-2H3/t16-,17-,18+/m1/s1. The fraction of sp³-hybridized carbons (Fsp3) is 0.579. The predicted molar refractivity (Wildman–Crippen MR) is 91.7 cm³/mol. The minimum Gasteiger partial charge on any atom is -0.374 e. The zero-order chi connectivity index (χ0) is 17.1. The van der Waals surface area contributed by atoms with Crippen LogP contribution >= 0.6 is 0 Å². The summed E-state index contributed by atoms with van der Waals surface area (Å²) in [4.78, 5) is 17.4. The molecule has 2 heterocycles. The first-order chi connectivity index (χ1) is 11.7. The first-order valence-electron chi connectivity index (χ1n) is 8.86. The highest BCUT2D eigenvalue weighted by molar-refractivity contribution is 5.94. The Morgan fingerprint density at radius 3 is 2.67 bits per heavy atom. The lowest BCUT2D eigenvalue weighted by molar-refractivity contribution is -0.0369. The summed E-state index contributed by atoms with van der Waals surface area (Å²) in [6.07, 6.45) is 2.12. The monoisotopic (exact) mass is 327 g/mol. The average molecular weight is 327 g/mol. The number of likely N-dealkylation sites (tertiary alicyclic amines) is 1. The molecule has 2 aliphatic rings. The van der Waals surface area contributed by atoms with Crippen LogP contribution in [0.15, 0.2) is 24.3 Å². The van der Waals surface area contributed by atoms with Crippen LogP contribution in [0.25, 0.3) is 0 Å². The lowest BCUT2D eigenvalue weighted by atomic mass is 9.99. The molecule has 2 saturated heterocycles. The molecule has 3 rings (SSSR count). The average Bonchev–Trinajstić information content (AvgIpc) is 3.02. The van der Waals surface area contributed by atoms with E-state index >= 15 is 0 Å². The summed E-state index contributed by atoms with van der Waals surface area (Å²) in [7, 11) is 0. The summed E-state index contributed by atoms with van der Waals surface area (Å²) in [6.45, 7) is 7.76. The van der Waals surface area contributed by atoms with Gasteiger partial charge in [0.2, 0.25) is 0 Å². The second-order valence-electron chi connectivity index (χ2n) is 6.48. The molecule has 0 N–H and O–H groups in total. The van der Waals surface area contributed by atoms with Gasteiger partial charge in [-0.25, -0.2) is 0 Å². The second kappa shape index (κ2) is 7.33. The zero-order valence-electron chi connectivity index (χ0n) is 14.4. The van der Waals surface area contributed by atoms with Crippen molar-refractivity contribution in [2.75, 3.05) is 26.2 Å². The van der Waals surface area contributed by atoms with Gasteiger partial charge in [-0.3, -0.25) is 9.69 Å². The molecule has 1 amide bonds. The van der Waals surface area contributed by atoms with E-state index in [2.05, 4.69) is 24.8 Å². The van der Waals surface area contributed by atoms with Crippen molar-refractivity contribution in [3.8, 4) is 6.07 Å². The molecule has 0 aromatic heterocycles. The lowest BCUT2D eigenvalue weighted by Gasteiger charge is -2.35. The largest absolute Gasteiger partial charge is 0.374 e. The summed E-state index contributed by atoms with van der Waals surface area (Å²) in [5, 5.41) is 8.92. The van der Waals surface area contributed by atoms with Crippen LogP contribution < -0.4 is 0 Å². The van der Waals surface area contributed by atoms with Gasteiger partial charge in [0.25, 0.3) is 5.91 Å². The fourth-order valence-electron chi connectivity index (χ4n) is 4.03. The van der Waals surface area contributed by atoms with Crippen molar-refractivity contribution in [2.45, 2.75) is 44.9 Å². The molecular formula is C19H25N3O2. The number of nitriles is 1. The minimum absolute atomic E-state index is 0.0506. The van der Waals surface area contributed by atoms with Crippen molar-refractivity contribution in [3.05, 3.63) is 35.4 Å². The molecule has 0 aliphatic carbocycles. The number of ether oxygens (including phenoxy) is 1. The number of likely N-dealkylation sites (N-methyl/N-ethyl adjacent to an activating group) is 1. The molecule has 1 aromatic rings. The van der Waals surface area contributed by atoms with E-state index in [0.717, 1.165) is 39.1 Å². The molecule has 0 radical (unpaired) electrons. The van der Waals surface area contributed by atoms with Crippen LogP contribution in [0.5, 0.6) is 0 Å². The van der Waals surface area contributed by atoms with Gasteiger partial charge in [0.1, 0.15) is 0 Å². The van der Waals surface area contributed by atoms with E-state index in [-0.39, 0.29) is 24.1 Å². The highest BCUT2D eigenvalue weighted by Gasteiger charge is 2.47. The highest BCUT2D eigenvalue weighted by atomic mass is 16.5. The summed E-state index contributed by atoms with van der Waals surface area (Å²) in [6, 6.07) is 9.45. The Kier molecular flexibility index (Phi) is 5.17. The Balaban J connectivity index is 1.83. The first-order valence-corrected chi connectivity index (χ1v) is 8.86. The van der Waals surface area contributed by atoms with E-state index in [1.54, 1.807) is 24.3 Å². The van der Waals surface area contributed by atoms with Gasteiger partial charge in [0, 0.05) is 18.7 Å². The van der Waals surface area contributed by atoms with Crippen molar-refractivity contribution in [2.24, 2.45) is 0 Å². The Morgan fingerprint density at radius 2 is 2.04 bits per heavy atom. The number of benzene rings is 1. The number of nitrogens with zero attached hydrogens (tertiary/aromatic N) is 3. The minimum atomic E-state index is 0.0506. The number of hydrogen-bond acceptors (Lipinski definition) is 4. The SMILES string of the molecule is CCN(CC)[C@@H]1CN(C(=O)c2ccc(C#N)cc2)[C@@H]2CCCO[C@H]12. The van der Waals surface area contributed by atoms with E-state index < -0.39 is 0 Å². The molecule has 128 valence electrons. The molecule has 0 saturated carbocycles. The molecule has 0 unspecified atom stereocenters. The van der Waals surface area contributed by atoms with Gasteiger partial charge in [-0.05, 0) is 50.2 Å². The fourth-order valence-corrected chi connectivity index (χ4v) is 4.03. The summed E-state index contributed by atoms with van der Waals surface area (Å²) in [5.41, 5.74) is 1.23. The van der Waals surface area contributed by atoms with Crippen LogP contribution in [0.3, 0.4) is 0 Å². The smallest absolute Gasteiger partial charge is 0.254 e. The van der Waals surface area contributed by atoms with Crippen LogP contribution in [0.4, 0.5) is 0 Å². The van der Waals surface area contributed by atoms with E-state index in [0.29, 0.717) is 11.1 Å². The number of hydrogen-bond donors (Lipinski definition) is 0. The molecule has 5 nitrogen and oxygen atoms in total. The highest BCUT2D eigenvalue weighted by Crippen LogP contribution is 2.32. The van der Waals surface area contributed by atoms with Crippen molar-refractivity contribution in [3.63, 3.8) is 0 Å². The van der Waals surface area contributed by atoms with Gasteiger partial charge in [-0.1, -0.05) is 13.8 Å². The third-order valence-electron chi connectivity index (χ3n) is 5.30. The van der Waals surface area contributed by atoms with E-state index in [1.165, 1.54) is 0 Å². The number of fused-ring (bicyclic) bond motifs is 1. The van der Waals surface area contributed by atoms with Gasteiger partial charge in [0.05, 0.1) is 29.8 Å². The predicted octanol–water partition coefficient (Wildman–Crippen LogP) is 2.27. The Bertz CT molecular complexity index is 618. The van der Waals surface area contributed by atoms with Crippen molar-refractivity contribution in [1.82, 2.24) is 9.80 Å². The van der Waals surface area contributed by atoms with Crippen molar-refractivity contribution in [1.29, 1.82) is 5.26 Å². The Morgan fingerprint density at radius 1 is 1.33 bits per heavy atom. The van der Waals surface area contributed by atoms with Gasteiger partial charge >= 0.3 is 0 Å². The molecule has 3 atom stereocenters. The van der Waals surface area contributed by atoms with Crippen LogP contribution in [0.1, 0.15) is 42.6 Å². The molecule has 2 aliphatic heterocycles. The topological polar surface area (TPSA) is 56.6 Å². The van der Waals surface area contributed by atoms with E-state index in [4.69, 9.17) is 10.00 Å². The second-order valence-corrected chi connectivity index (χ2v) is 6.48. The summed E-state index contributed by atoms with van der Waals surface area (Å²) >= 11 is 0. The third-order valence-corrected chi connectivity index (χ3v) is 5.30. The van der Waals surface area contributed by atoms with Crippen LogP contribution in [-0.4, -0.2) is 60.1 Å². The lowest BCUT2D eigenvalue weighted by Crippen LogP contribution is -2.47. The van der Waals surface area contributed by atoms with E-state index in [1.807, 2.05) is 4.90 Å². The van der Waals surface area contributed by atoms with Crippen LogP contribution in [0.2, 0.25) is 0 Å². The molecule has 1 aromatic carbocycles.